The number of anilines is 1. The van der Waals surface area contributed by atoms with Crippen LogP contribution in [0.15, 0.2) is 24.3 Å². The highest BCUT2D eigenvalue weighted by atomic mass is 16.2. The molecule has 1 heterocycles. The van der Waals surface area contributed by atoms with E-state index in [1.54, 1.807) is 12.1 Å². The summed E-state index contributed by atoms with van der Waals surface area (Å²) < 4.78 is 0. The molecule has 4 N–H and O–H groups in total. The van der Waals surface area contributed by atoms with Crippen LogP contribution < -0.4 is 11.1 Å². The molecule has 1 aromatic heterocycles. The van der Waals surface area contributed by atoms with Crippen molar-refractivity contribution in [1.29, 1.82) is 0 Å². The van der Waals surface area contributed by atoms with Crippen molar-refractivity contribution < 1.29 is 9.59 Å². The van der Waals surface area contributed by atoms with Crippen molar-refractivity contribution in [2.45, 2.75) is 0 Å². The summed E-state index contributed by atoms with van der Waals surface area (Å²) in [6.45, 7) is 0. The summed E-state index contributed by atoms with van der Waals surface area (Å²) in [5.41, 5.74) is 5.95. The van der Waals surface area contributed by atoms with Crippen molar-refractivity contribution >= 4 is 17.5 Å². The molecule has 0 radical (unpaired) electrons. The summed E-state index contributed by atoms with van der Waals surface area (Å²) in [5, 5.41) is 15.0. The number of nitrogens with one attached hydrogen (secondary N) is 2. The number of hydrogen-bond acceptors (Lipinski definition) is 5. The lowest BCUT2D eigenvalue weighted by Crippen LogP contribution is -2.14. The molecular weight excluding hydrogens is 224 g/mol. The number of carbonyl (C=O) groups is 2. The van der Waals surface area contributed by atoms with Crippen molar-refractivity contribution in [3.63, 3.8) is 0 Å². The lowest BCUT2D eigenvalue weighted by atomic mass is 10.2. The van der Waals surface area contributed by atoms with E-state index in [0.717, 1.165) is 0 Å². The van der Waals surface area contributed by atoms with Crippen LogP contribution in [0.2, 0.25) is 0 Å². The highest BCUT2D eigenvalue weighted by molar-refractivity contribution is 6.01. The van der Waals surface area contributed by atoms with Crippen LogP contribution in [-0.2, 0) is 0 Å². The van der Waals surface area contributed by atoms with Gasteiger partial charge in [0.25, 0.3) is 11.7 Å². The van der Waals surface area contributed by atoms with Crippen LogP contribution in [0.5, 0.6) is 0 Å². The molecule has 17 heavy (non-hydrogen) atoms. The third-order valence-corrected chi connectivity index (χ3v) is 1.98. The van der Waals surface area contributed by atoms with Gasteiger partial charge in [0.2, 0.25) is 5.91 Å². The summed E-state index contributed by atoms with van der Waals surface area (Å²) in [6.07, 6.45) is 0. The van der Waals surface area contributed by atoms with Crippen LogP contribution in [0.25, 0.3) is 0 Å². The Morgan fingerprint density at radius 3 is 2.47 bits per heavy atom. The van der Waals surface area contributed by atoms with Gasteiger partial charge in [0.1, 0.15) is 0 Å². The van der Waals surface area contributed by atoms with E-state index in [0.29, 0.717) is 11.3 Å². The van der Waals surface area contributed by atoms with E-state index in [4.69, 9.17) is 5.73 Å². The van der Waals surface area contributed by atoms with E-state index in [2.05, 4.69) is 25.9 Å². The number of benzene rings is 1. The summed E-state index contributed by atoms with van der Waals surface area (Å²) >= 11 is 0. The highest BCUT2D eigenvalue weighted by Gasteiger charge is 2.10. The molecule has 2 rings (SSSR count). The number of nitrogens with zero attached hydrogens (tertiary/aromatic N) is 3. The van der Waals surface area contributed by atoms with Gasteiger partial charge in [-0.2, -0.15) is 5.21 Å². The molecule has 0 aliphatic carbocycles. The Hall–Kier alpha value is -2.77. The van der Waals surface area contributed by atoms with Crippen molar-refractivity contribution in [1.82, 2.24) is 20.6 Å². The van der Waals surface area contributed by atoms with E-state index in [9.17, 15) is 9.59 Å². The Morgan fingerprint density at radius 1 is 1.24 bits per heavy atom. The monoisotopic (exact) mass is 232 g/mol. The molecule has 1 aromatic carbocycles. The largest absolute Gasteiger partial charge is 0.366 e. The Bertz CT molecular complexity index is 533. The second-order valence-electron chi connectivity index (χ2n) is 3.13. The number of amides is 2. The van der Waals surface area contributed by atoms with Crippen molar-refractivity contribution in [3.05, 3.63) is 35.7 Å². The molecule has 0 aliphatic heterocycles. The maximum absolute atomic E-state index is 11.5. The molecule has 0 fully saturated rings. The molecule has 8 heteroatoms. The van der Waals surface area contributed by atoms with Crippen LogP contribution in [0.4, 0.5) is 5.69 Å². The molecule has 0 saturated carbocycles. The van der Waals surface area contributed by atoms with Gasteiger partial charge in [-0.1, -0.05) is 0 Å². The molecule has 2 amide bonds. The van der Waals surface area contributed by atoms with Gasteiger partial charge in [-0.15, -0.1) is 10.2 Å². The summed E-state index contributed by atoms with van der Waals surface area (Å²) in [7, 11) is 0. The Balaban J connectivity index is 2.09. The molecule has 0 spiro atoms. The smallest absolute Gasteiger partial charge is 0.297 e. The number of primary amides is 1. The number of rotatable bonds is 3. The quantitative estimate of drug-likeness (QED) is 0.660. The van der Waals surface area contributed by atoms with Gasteiger partial charge in [0, 0.05) is 11.3 Å². The third-order valence-electron chi connectivity index (χ3n) is 1.98. The first-order valence-electron chi connectivity index (χ1n) is 4.61. The second kappa shape index (κ2) is 4.39. The lowest BCUT2D eigenvalue weighted by Gasteiger charge is -2.02. The fourth-order valence-electron chi connectivity index (χ4n) is 1.16. The Kier molecular flexibility index (Phi) is 2.77. The first kappa shape index (κ1) is 10.7. The van der Waals surface area contributed by atoms with Crippen LogP contribution in [0.3, 0.4) is 0 Å². The van der Waals surface area contributed by atoms with Gasteiger partial charge >= 0.3 is 0 Å². The zero-order chi connectivity index (χ0) is 12.3. The molecule has 0 atom stereocenters. The predicted octanol–water partition coefficient (Wildman–Crippen LogP) is -0.449. The van der Waals surface area contributed by atoms with Crippen molar-refractivity contribution in [2.75, 3.05) is 5.32 Å². The molecule has 0 bridgehead atoms. The lowest BCUT2D eigenvalue weighted by molar-refractivity contribution is 0.0997. The number of carbonyl (C=O) groups excluding carboxylic acids is 2. The van der Waals surface area contributed by atoms with Crippen molar-refractivity contribution in [3.8, 4) is 0 Å². The third kappa shape index (κ3) is 2.43. The van der Waals surface area contributed by atoms with Crippen molar-refractivity contribution in [2.24, 2.45) is 5.73 Å². The molecule has 86 valence electrons. The van der Waals surface area contributed by atoms with Crippen LogP contribution in [-0.4, -0.2) is 32.4 Å². The topological polar surface area (TPSA) is 127 Å². The summed E-state index contributed by atoms with van der Waals surface area (Å²) in [6, 6.07) is 6.12. The van der Waals surface area contributed by atoms with E-state index in [1.165, 1.54) is 12.1 Å². The van der Waals surface area contributed by atoms with E-state index >= 15 is 0 Å². The minimum absolute atomic E-state index is 0.0658. The number of tetrazole rings is 1. The molecular formula is C9H8N6O2. The molecule has 0 saturated heterocycles. The fourth-order valence-corrected chi connectivity index (χ4v) is 1.16. The minimum atomic E-state index is -0.527. The number of nitrogens with two attached hydrogens (primary N) is 1. The van der Waals surface area contributed by atoms with E-state index in [-0.39, 0.29) is 5.82 Å². The van der Waals surface area contributed by atoms with E-state index < -0.39 is 11.8 Å². The van der Waals surface area contributed by atoms with Crippen LogP contribution in [0, 0.1) is 0 Å². The first-order chi connectivity index (χ1) is 8.16. The maximum Gasteiger partial charge on any atom is 0.297 e. The number of aromatic nitrogens is 4. The normalized spacial score (nSPS) is 9.88. The van der Waals surface area contributed by atoms with Gasteiger partial charge in [-0.25, -0.2) is 0 Å². The predicted molar refractivity (Wildman–Crippen MR) is 57.1 cm³/mol. The first-order valence-corrected chi connectivity index (χ1v) is 4.61. The standard InChI is InChI=1S/C9H8N6O2/c10-7(16)5-1-3-6(4-2-5)11-9(17)8-12-14-15-13-8/h1-4H,(H2,10,16)(H,11,17)(H,12,13,14,15). The van der Waals surface area contributed by atoms with Gasteiger partial charge < -0.3 is 11.1 Å². The van der Waals surface area contributed by atoms with Gasteiger partial charge in [-0.05, 0) is 29.5 Å². The average molecular weight is 232 g/mol. The van der Waals surface area contributed by atoms with Gasteiger partial charge in [0.05, 0.1) is 0 Å². The Morgan fingerprint density at radius 2 is 1.94 bits per heavy atom. The van der Waals surface area contributed by atoms with Gasteiger partial charge in [0.15, 0.2) is 0 Å². The summed E-state index contributed by atoms with van der Waals surface area (Å²) in [4.78, 5) is 22.3. The zero-order valence-electron chi connectivity index (χ0n) is 8.54. The van der Waals surface area contributed by atoms with Gasteiger partial charge in [-0.3, -0.25) is 9.59 Å². The molecule has 8 nitrogen and oxygen atoms in total. The molecule has 0 aliphatic rings. The average Bonchev–Trinajstić information content (AvgIpc) is 2.83. The van der Waals surface area contributed by atoms with E-state index in [1.807, 2.05) is 0 Å². The minimum Gasteiger partial charge on any atom is -0.366 e. The second-order valence-corrected chi connectivity index (χ2v) is 3.13. The van der Waals surface area contributed by atoms with Crippen LogP contribution >= 0.6 is 0 Å². The fraction of sp³-hybridized carbons (Fsp3) is 0. The highest BCUT2D eigenvalue weighted by Crippen LogP contribution is 2.09. The number of hydrogen-bond donors (Lipinski definition) is 3. The van der Waals surface area contributed by atoms with Crippen LogP contribution in [0.1, 0.15) is 21.0 Å². The number of H-pyrrole nitrogens is 1. The SMILES string of the molecule is NC(=O)c1ccc(NC(=O)c2nn[nH]n2)cc1. The molecule has 0 unspecified atom stereocenters. The summed E-state index contributed by atoms with van der Waals surface area (Å²) in [5.74, 6) is -1.09. The zero-order valence-corrected chi connectivity index (χ0v) is 8.54. The number of aromatic amines is 1. The maximum atomic E-state index is 11.5. The molecule has 2 aromatic rings. The Labute approximate surface area is 95.2 Å².